The second kappa shape index (κ2) is 9.54. The van der Waals surface area contributed by atoms with Crippen molar-refractivity contribution in [1.29, 1.82) is 5.41 Å². The highest BCUT2D eigenvalue weighted by molar-refractivity contribution is 6.20. The summed E-state index contributed by atoms with van der Waals surface area (Å²) < 4.78 is 15.4. The Kier molecular flexibility index (Phi) is 6.60. The summed E-state index contributed by atoms with van der Waals surface area (Å²) in [6.07, 6.45) is 2.30. The first-order valence-corrected chi connectivity index (χ1v) is 12.8. The van der Waals surface area contributed by atoms with Gasteiger partial charge >= 0.3 is 0 Å². The molecule has 39 heavy (non-hydrogen) atoms. The van der Waals surface area contributed by atoms with Crippen LogP contribution in [0.4, 0.5) is 10.1 Å². The number of halogens is 1. The number of benzene rings is 1. The Bertz CT molecular complexity index is 1360. The van der Waals surface area contributed by atoms with Crippen LogP contribution in [0.2, 0.25) is 0 Å². The minimum atomic E-state index is -2.62. The predicted octanol–water partition coefficient (Wildman–Crippen LogP) is 1.30. The van der Waals surface area contributed by atoms with Gasteiger partial charge in [-0.15, -0.1) is 0 Å². The van der Waals surface area contributed by atoms with E-state index in [4.69, 9.17) is 5.41 Å². The molecule has 4 aliphatic rings. The number of amides is 1. The molecule has 1 saturated heterocycles. The van der Waals surface area contributed by atoms with Crippen LogP contribution in [0, 0.1) is 23.1 Å². The molecule has 0 spiro atoms. The minimum absolute atomic E-state index is 0.0485. The molecule has 208 valence electrons. The maximum absolute atomic E-state index is 15.4. The van der Waals surface area contributed by atoms with E-state index < -0.39 is 69.6 Å². The summed E-state index contributed by atoms with van der Waals surface area (Å²) in [6, 6.07) is -0.101. The first-order valence-electron chi connectivity index (χ1n) is 12.8. The van der Waals surface area contributed by atoms with E-state index in [1.54, 1.807) is 14.1 Å². The summed E-state index contributed by atoms with van der Waals surface area (Å²) in [7, 11) is 3.13. The van der Waals surface area contributed by atoms with Gasteiger partial charge < -0.3 is 31.2 Å². The molecule has 3 aliphatic carbocycles. The number of likely N-dealkylation sites (N-methyl/N-ethyl adjacent to an activating group) is 1. The zero-order valence-corrected chi connectivity index (χ0v) is 21.6. The van der Waals surface area contributed by atoms with Crippen molar-refractivity contribution >= 4 is 35.1 Å². The van der Waals surface area contributed by atoms with Crippen LogP contribution in [0.5, 0.6) is 5.75 Å². The third-order valence-electron chi connectivity index (χ3n) is 8.44. The third-order valence-corrected chi connectivity index (χ3v) is 8.44. The Hall–Kier alpha value is -3.61. The van der Waals surface area contributed by atoms with Crippen molar-refractivity contribution < 1.29 is 39.2 Å². The first kappa shape index (κ1) is 27.0. The average Bonchev–Trinajstić information content (AvgIpc) is 3.37. The van der Waals surface area contributed by atoms with Gasteiger partial charge in [-0.3, -0.25) is 24.2 Å². The van der Waals surface area contributed by atoms with Crippen LogP contribution in [0.15, 0.2) is 23.0 Å². The summed E-state index contributed by atoms with van der Waals surface area (Å²) in [5.74, 6) is -7.36. The topological polar surface area (TPSA) is 174 Å². The van der Waals surface area contributed by atoms with E-state index >= 15 is 4.39 Å². The van der Waals surface area contributed by atoms with E-state index in [9.17, 15) is 34.8 Å². The van der Waals surface area contributed by atoms with Crippen molar-refractivity contribution in [3.8, 4) is 5.75 Å². The highest BCUT2D eigenvalue weighted by atomic mass is 19.1. The number of fused-ring (bicyclic) bond motifs is 3. The molecule has 1 saturated carbocycles. The number of aromatic hydroxyl groups is 1. The number of hydrogen-bond donors (Lipinski definition) is 6. The molecule has 0 bridgehead atoms. The van der Waals surface area contributed by atoms with Crippen molar-refractivity contribution in [2.24, 2.45) is 11.8 Å². The number of nitrogens with one attached hydrogen (secondary N) is 2. The number of nitrogens with zero attached hydrogens (tertiary/aromatic N) is 2. The maximum atomic E-state index is 15.4. The molecule has 4 atom stereocenters. The van der Waals surface area contributed by atoms with Crippen molar-refractivity contribution in [3.05, 3.63) is 39.9 Å². The molecule has 1 aromatic rings. The van der Waals surface area contributed by atoms with Gasteiger partial charge in [-0.25, -0.2) is 4.39 Å². The molecule has 5 rings (SSSR count). The molecule has 1 aliphatic heterocycles. The number of Topliss-reactive ketones (excluding diaryl/α,β-unsaturated/α-hetero) is 2. The van der Waals surface area contributed by atoms with Crippen LogP contribution in [0.3, 0.4) is 0 Å². The number of carbonyl (C=O) groups is 3. The van der Waals surface area contributed by atoms with Crippen molar-refractivity contribution in [3.63, 3.8) is 0 Å². The van der Waals surface area contributed by atoms with Gasteiger partial charge in [0.2, 0.25) is 11.7 Å². The molecule has 12 heteroatoms. The Balaban J connectivity index is 1.58. The molecule has 0 radical (unpaired) electrons. The van der Waals surface area contributed by atoms with Gasteiger partial charge in [-0.05, 0) is 58.8 Å². The summed E-state index contributed by atoms with van der Waals surface area (Å²) in [4.78, 5) is 42.8. The molecule has 2 fully saturated rings. The van der Waals surface area contributed by atoms with Crippen LogP contribution in [-0.2, 0) is 20.8 Å². The van der Waals surface area contributed by atoms with Crippen LogP contribution < -0.4 is 5.32 Å². The third kappa shape index (κ3) is 3.97. The van der Waals surface area contributed by atoms with Crippen LogP contribution in [-0.4, -0.2) is 99.3 Å². The number of rotatable bonds is 5. The Morgan fingerprint density at radius 1 is 1.26 bits per heavy atom. The van der Waals surface area contributed by atoms with E-state index in [0.29, 0.717) is 6.21 Å². The van der Waals surface area contributed by atoms with Gasteiger partial charge in [0.05, 0.1) is 29.4 Å². The molecule has 1 heterocycles. The van der Waals surface area contributed by atoms with E-state index in [0.717, 1.165) is 32.0 Å². The highest BCUT2D eigenvalue weighted by Gasteiger charge is 2.63. The molecule has 6 N–H and O–H groups in total. The molecule has 1 aromatic carbocycles. The monoisotopic (exact) mass is 542 g/mol. The average molecular weight is 543 g/mol. The van der Waals surface area contributed by atoms with E-state index in [2.05, 4.69) is 5.32 Å². The normalized spacial score (nSPS) is 28.9. The molecule has 0 unspecified atom stereocenters. The van der Waals surface area contributed by atoms with Gasteiger partial charge in [-0.2, -0.15) is 0 Å². The fraction of sp³-hybridized carbons (Fsp3) is 0.481. The highest BCUT2D eigenvalue weighted by Crippen LogP contribution is 2.53. The lowest BCUT2D eigenvalue weighted by Crippen LogP contribution is -2.65. The van der Waals surface area contributed by atoms with Gasteiger partial charge in [0.15, 0.2) is 17.1 Å². The largest absolute Gasteiger partial charge is 0.508 e. The lowest BCUT2D eigenvalue weighted by molar-refractivity contribution is -0.152. The predicted molar refractivity (Wildman–Crippen MR) is 138 cm³/mol. The van der Waals surface area contributed by atoms with E-state index in [1.807, 2.05) is 4.90 Å². The molecule has 0 aromatic heterocycles. The lowest BCUT2D eigenvalue weighted by atomic mass is 9.57. The van der Waals surface area contributed by atoms with Crippen molar-refractivity contribution in [2.75, 3.05) is 39.0 Å². The lowest BCUT2D eigenvalue weighted by Gasteiger charge is -2.50. The summed E-state index contributed by atoms with van der Waals surface area (Å²) in [6.45, 7) is 1.55. The SMILES string of the molecule is CN(C)[C@H]1C(=O)C(C=N)=C(O)[C@@]2(O)C(=O)C3=C(O)c4c(O)c(NC(=O)CN5CCCC5)cc(F)c4C[C@H]3C[C@@H]12. The second-order valence-corrected chi connectivity index (χ2v) is 10.9. The summed E-state index contributed by atoms with van der Waals surface area (Å²) >= 11 is 0. The Morgan fingerprint density at radius 2 is 1.92 bits per heavy atom. The number of ketones is 2. The van der Waals surface area contributed by atoms with Gasteiger partial charge in [0.1, 0.15) is 17.3 Å². The fourth-order valence-electron chi connectivity index (χ4n) is 6.62. The number of aliphatic hydroxyl groups is 3. The number of aliphatic hydroxyl groups excluding tert-OH is 2. The summed E-state index contributed by atoms with van der Waals surface area (Å²) in [5.41, 5.74) is -4.18. The second-order valence-electron chi connectivity index (χ2n) is 10.9. The fourth-order valence-corrected chi connectivity index (χ4v) is 6.62. The standard InChI is InChI=1S/C27H31FN4O7/c1-31(2)21-15-8-12-7-13-16(28)9-17(30-18(33)11-32-5-3-4-6-32)23(35)20(13)24(36)19(12)26(38)27(15,39)25(37)14(10-29)22(21)34/h9-10,12,15,21,29,35-37,39H,3-8,11H2,1-2H3,(H,30,33)/t12-,15-,21+,27+/m0/s1. The van der Waals surface area contributed by atoms with Crippen molar-refractivity contribution in [2.45, 2.75) is 37.3 Å². The number of phenolic OH excluding ortho intramolecular Hbond substituents is 1. The smallest absolute Gasteiger partial charge is 0.238 e. The van der Waals surface area contributed by atoms with Crippen LogP contribution >= 0.6 is 0 Å². The number of likely N-dealkylation sites (tertiary alicyclic amines) is 1. The van der Waals surface area contributed by atoms with E-state index in [-0.39, 0.29) is 41.8 Å². The van der Waals surface area contributed by atoms with Gasteiger partial charge in [-0.1, -0.05) is 0 Å². The minimum Gasteiger partial charge on any atom is -0.508 e. The number of hydrogen-bond acceptors (Lipinski definition) is 10. The van der Waals surface area contributed by atoms with Crippen LogP contribution in [0.25, 0.3) is 5.76 Å². The number of anilines is 1. The maximum Gasteiger partial charge on any atom is 0.238 e. The Labute approximate surface area is 223 Å². The first-order chi connectivity index (χ1) is 18.4. The molecule has 11 nitrogen and oxygen atoms in total. The van der Waals surface area contributed by atoms with Gasteiger partial charge in [0, 0.05) is 29.3 Å². The summed E-state index contributed by atoms with van der Waals surface area (Å²) in [5, 5.41) is 54.8. The number of phenols is 1. The van der Waals surface area contributed by atoms with Gasteiger partial charge in [0.25, 0.3) is 0 Å². The molecular weight excluding hydrogens is 511 g/mol. The molecule has 1 amide bonds. The Morgan fingerprint density at radius 3 is 2.54 bits per heavy atom. The zero-order valence-electron chi connectivity index (χ0n) is 21.6. The van der Waals surface area contributed by atoms with E-state index in [1.165, 1.54) is 4.90 Å². The zero-order chi connectivity index (χ0) is 28.4. The van der Waals surface area contributed by atoms with Crippen LogP contribution in [0.1, 0.15) is 30.4 Å². The number of carbonyl (C=O) groups excluding carboxylic acids is 3. The quantitative estimate of drug-likeness (QED) is 0.237. The van der Waals surface area contributed by atoms with Crippen molar-refractivity contribution in [1.82, 2.24) is 9.80 Å². The molecular formula is C27H31FN4O7.